The van der Waals surface area contributed by atoms with Crippen LogP contribution in [0.25, 0.3) is 5.65 Å². The fourth-order valence-corrected chi connectivity index (χ4v) is 6.30. The van der Waals surface area contributed by atoms with Crippen molar-refractivity contribution in [3.63, 3.8) is 0 Å². The molecule has 2 aromatic rings. The molecule has 1 amide bonds. The minimum Gasteiger partial charge on any atom is -0.488 e. The first-order valence-corrected chi connectivity index (χ1v) is 14.3. The monoisotopic (exact) mass is 523 g/mol. The van der Waals surface area contributed by atoms with Crippen LogP contribution < -0.4 is 4.74 Å². The van der Waals surface area contributed by atoms with Crippen LogP contribution >= 0.6 is 0 Å². The highest BCUT2D eigenvalue weighted by molar-refractivity contribution is 5.87. The van der Waals surface area contributed by atoms with E-state index in [0.29, 0.717) is 18.9 Å². The molecular weight excluding hydrogens is 482 g/mol. The van der Waals surface area contributed by atoms with Crippen LogP contribution in [0.1, 0.15) is 78.2 Å². The Morgan fingerprint density at radius 1 is 1.13 bits per heavy atom. The summed E-state index contributed by atoms with van der Waals surface area (Å²) in [6.45, 7) is 8.25. The molecule has 206 valence electrons. The number of hydrogen-bond acceptors (Lipinski definition) is 6. The van der Waals surface area contributed by atoms with Gasteiger partial charge in [0, 0.05) is 36.1 Å². The van der Waals surface area contributed by atoms with Gasteiger partial charge in [-0.25, -0.2) is 4.98 Å². The third-order valence-electron chi connectivity index (χ3n) is 8.77. The maximum absolute atomic E-state index is 14.0. The SMILES string of the molecule is CC[C@@H]1[C@@H]2CN(C(=O)[C@H](C(C)(C)C)CC(=O)O[C@@H]3C[C@H]3CCCCCc3cn4ccnc4cc3O2)[C@@H]1C=O. The van der Waals surface area contributed by atoms with Gasteiger partial charge in [-0.05, 0) is 43.4 Å². The molecule has 0 spiro atoms. The number of fused-ring (bicyclic) bond motifs is 5. The Morgan fingerprint density at radius 3 is 2.68 bits per heavy atom. The molecule has 2 fully saturated rings. The predicted molar refractivity (Wildman–Crippen MR) is 143 cm³/mol. The van der Waals surface area contributed by atoms with Crippen molar-refractivity contribution in [2.45, 2.75) is 97.3 Å². The molecule has 5 rings (SSSR count). The summed E-state index contributed by atoms with van der Waals surface area (Å²) < 4.78 is 14.5. The number of amides is 1. The normalized spacial score (nSPS) is 31.0. The summed E-state index contributed by atoms with van der Waals surface area (Å²) >= 11 is 0. The van der Waals surface area contributed by atoms with E-state index in [9.17, 15) is 14.4 Å². The maximum atomic E-state index is 14.0. The topological polar surface area (TPSA) is 90.2 Å². The Kier molecular flexibility index (Phi) is 7.51. The Bertz CT molecular complexity index is 1180. The van der Waals surface area contributed by atoms with Crippen LogP contribution in [0, 0.1) is 23.2 Å². The molecule has 1 saturated heterocycles. The van der Waals surface area contributed by atoms with Gasteiger partial charge in [0.15, 0.2) is 0 Å². The van der Waals surface area contributed by atoms with Crippen LogP contribution in [0.4, 0.5) is 0 Å². The van der Waals surface area contributed by atoms with Crippen molar-refractivity contribution in [2.24, 2.45) is 23.2 Å². The third-order valence-corrected chi connectivity index (χ3v) is 8.77. The van der Waals surface area contributed by atoms with Crippen molar-refractivity contribution in [2.75, 3.05) is 6.54 Å². The highest BCUT2D eigenvalue weighted by Crippen LogP contribution is 2.41. The standard InChI is InChI=1S/C30H41N3O5/c1-5-21-23(18-34)33-17-26(21)37-25-15-27-31-11-12-32(27)16-20(25)10-8-6-7-9-19-13-24(19)38-28(35)14-22(29(33)36)30(2,3)4/h11-12,15-16,18-19,21-24,26H,5-10,13-14,17H2,1-4H3/t19-,21+,22-,23-,24-,26+/m1/s1. The molecule has 2 aliphatic heterocycles. The van der Waals surface area contributed by atoms with Gasteiger partial charge < -0.3 is 23.6 Å². The third kappa shape index (κ3) is 5.45. The Morgan fingerprint density at radius 2 is 1.95 bits per heavy atom. The Hall–Kier alpha value is -2.90. The van der Waals surface area contributed by atoms with Crippen molar-refractivity contribution >= 4 is 23.8 Å². The molecule has 0 aromatic carbocycles. The Balaban J connectivity index is 1.48. The van der Waals surface area contributed by atoms with Crippen molar-refractivity contribution in [1.82, 2.24) is 14.3 Å². The average Bonchev–Trinajstić information content (AvgIpc) is 3.27. The van der Waals surface area contributed by atoms with E-state index in [2.05, 4.69) is 11.2 Å². The molecule has 0 radical (unpaired) electrons. The van der Waals surface area contributed by atoms with Crippen LogP contribution in [0.15, 0.2) is 24.7 Å². The van der Waals surface area contributed by atoms with Crippen LogP contribution in [0.5, 0.6) is 5.75 Å². The highest BCUT2D eigenvalue weighted by atomic mass is 16.5. The summed E-state index contributed by atoms with van der Waals surface area (Å²) in [7, 11) is 0. The van der Waals surface area contributed by atoms with Crippen molar-refractivity contribution in [3.8, 4) is 5.75 Å². The van der Waals surface area contributed by atoms with Gasteiger partial charge in [-0.3, -0.25) is 9.59 Å². The van der Waals surface area contributed by atoms with E-state index in [1.54, 1.807) is 11.1 Å². The molecule has 1 aliphatic carbocycles. The van der Waals surface area contributed by atoms with Crippen molar-refractivity contribution in [3.05, 3.63) is 30.2 Å². The van der Waals surface area contributed by atoms with Crippen LogP contribution in [0.2, 0.25) is 0 Å². The summed E-state index contributed by atoms with van der Waals surface area (Å²) in [4.78, 5) is 45.4. The number of carbonyl (C=O) groups excluding carboxylic acids is 3. The van der Waals surface area contributed by atoms with Gasteiger partial charge in [0.25, 0.3) is 0 Å². The number of ether oxygens (including phenoxy) is 2. The smallest absolute Gasteiger partial charge is 0.306 e. The number of nitrogens with zero attached hydrogens (tertiary/aromatic N) is 3. The van der Waals surface area contributed by atoms with E-state index in [0.717, 1.165) is 61.8 Å². The predicted octanol–water partition coefficient (Wildman–Crippen LogP) is 4.62. The van der Waals surface area contributed by atoms with Crippen molar-refractivity contribution < 1.29 is 23.9 Å². The van der Waals surface area contributed by atoms with Gasteiger partial charge in [-0.15, -0.1) is 0 Å². The lowest BCUT2D eigenvalue weighted by Gasteiger charge is -2.34. The van der Waals surface area contributed by atoms with E-state index in [4.69, 9.17) is 9.47 Å². The molecule has 0 N–H and O–H groups in total. The molecule has 4 heterocycles. The number of carbonyl (C=O) groups is 3. The molecule has 0 unspecified atom stereocenters. The highest BCUT2D eigenvalue weighted by Gasteiger charge is 2.49. The zero-order valence-corrected chi connectivity index (χ0v) is 23.1. The summed E-state index contributed by atoms with van der Waals surface area (Å²) in [6, 6.07) is 1.38. The molecule has 8 nitrogen and oxygen atoms in total. The number of imidazole rings is 1. The maximum Gasteiger partial charge on any atom is 0.306 e. The number of aldehydes is 1. The summed E-state index contributed by atoms with van der Waals surface area (Å²) in [5.74, 6) is 0.000759. The second-order valence-electron chi connectivity index (χ2n) is 12.4. The molecule has 8 heteroatoms. The first kappa shape index (κ1) is 26.7. The molecule has 3 aliphatic rings. The zero-order chi connectivity index (χ0) is 27.0. The summed E-state index contributed by atoms with van der Waals surface area (Å²) in [6.07, 6.45) is 13.1. The minimum atomic E-state index is -0.591. The largest absolute Gasteiger partial charge is 0.488 e. The molecular formula is C30H41N3O5. The van der Waals surface area contributed by atoms with Crippen LogP contribution in [-0.2, 0) is 25.5 Å². The lowest BCUT2D eigenvalue weighted by molar-refractivity contribution is -0.153. The molecule has 6 atom stereocenters. The quantitative estimate of drug-likeness (QED) is 0.422. The first-order chi connectivity index (χ1) is 18.2. The van der Waals surface area contributed by atoms with E-state index in [1.165, 1.54) is 0 Å². The van der Waals surface area contributed by atoms with Crippen LogP contribution in [-0.4, -0.2) is 57.2 Å². The van der Waals surface area contributed by atoms with Crippen LogP contribution in [0.3, 0.4) is 0 Å². The first-order valence-electron chi connectivity index (χ1n) is 14.3. The Labute approximate surface area is 225 Å². The number of esters is 1. The fourth-order valence-electron chi connectivity index (χ4n) is 6.30. The van der Waals surface area contributed by atoms with Gasteiger partial charge in [0.2, 0.25) is 5.91 Å². The van der Waals surface area contributed by atoms with Gasteiger partial charge in [-0.1, -0.05) is 40.5 Å². The lowest BCUT2D eigenvalue weighted by Crippen LogP contribution is -2.46. The number of aryl methyl sites for hydroxylation is 1. The van der Waals surface area contributed by atoms with Gasteiger partial charge in [-0.2, -0.15) is 0 Å². The van der Waals surface area contributed by atoms with Gasteiger partial charge in [0.05, 0.1) is 24.9 Å². The number of rotatable bonds is 2. The molecule has 2 bridgehead atoms. The average molecular weight is 524 g/mol. The lowest BCUT2D eigenvalue weighted by atomic mass is 9.77. The van der Waals surface area contributed by atoms with Gasteiger partial charge in [0.1, 0.15) is 29.9 Å². The fraction of sp³-hybridized carbons (Fsp3) is 0.667. The van der Waals surface area contributed by atoms with Gasteiger partial charge >= 0.3 is 5.97 Å². The minimum absolute atomic E-state index is 0.0240. The van der Waals surface area contributed by atoms with E-state index in [-0.39, 0.29) is 36.4 Å². The van der Waals surface area contributed by atoms with E-state index < -0.39 is 17.4 Å². The van der Waals surface area contributed by atoms with Crippen molar-refractivity contribution in [1.29, 1.82) is 0 Å². The van der Waals surface area contributed by atoms with E-state index >= 15 is 0 Å². The molecule has 1 saturated carbocycles. The zero-order valence-electron chi connectivity index (χ0n) is 23.1. The second-order valence-corrected chi connectivity index (χ2v) is 12.4. The number of pyridine rings is 1. The number of hydrogen-bond donors (Lipinski definition) is 0. The summed E-state index contributed by atoms with van der Waals surface area (Å²) in [5.41, 5.74) is 1.46. The number of aromatic nitrogens is 2. The molecule has 38 heavy (non-hydrogen) atoms. The molecule has 2 aromatic heterocycles. The second kappa shape index (κ2) is 10.7. The van der Waals surface area contributed by atoms with E-state index in [1.807, 2.05) is 44.4 Å². The summed E-state index contributed by atoms with van der Waals surface area (Å²) in [5, 5.41) is 0.